The van der Waals surface area contributed by atoms with Gasteiger partial charge in [0.15, 0.2) is 5.82 Å². The van der Waals surface area contributed by atoms with E-state index in [2.05, 4.69) is 20.7 Å². The molecule has 0 bridgehead atoms. The Labute approximate surface area is 279 Å². The summed E-state index contributed by atoms with van der Waals surface area (Å²) in [6.07, 6.45) is 1.90. The van der Waals surface area contributed by atoms with Crippen LogP contribution in [0.25, 0.3) is 32.2 Å². The minimum atomic E-state index is -2.70. The Balaban J connectivity index is 1.54. The minimum absolute atomic E-state index is 0.139. The van der Waals surface area contributed by atoms with E-state index in [-0.39, 0.29) is 28.0 Å². The van der Waals surface area contributed by atoms with Gasteiger partial charge in [-0.25, -0.2) is 41.4 Å². The summed E-state index contributed by atoms with van der Waals surface area (Å²) < 4.78 is 58.5. The lowest BCUT2D eigenvalue weighted by molar-refractivity contribution is 0.148. The first-order valence-corrected chi connectivity index (χ1v) is 15.6. The predicted octanol–water partition coefficient (Wildman–Crippen LogP) is 5.24. The van der Waals surface area contributed by atoms with Crippen molar-refractivity contribution < 1.29 is 22.4 Å². The van der Waals surface area contributed by atoms with Gasteiger partial charge in [-0.3, -0.25) is 9.36 Å². The summed E-state index contributed by atoms with van der Waals surface area (Å²) >= 11 is 1.11. The molecule has 4 heterocycles. The SMILES string of the molecule is CN(C)Cc1c(-c2ccc(NC(=O)NCC(F)F)cc2)sc2c1c(=O)n(-c1ccc(-n3cccn3)nc1)c(=O)n2Cc1c(F)cccc1F. The molecule has 0 unspecified atom stereocenters. The highest BCUT2D eigenvalue weighted by atomic mass is 32.1. The smallest absolute Gasteiger partial charge is 0.332 e. The Morgan fingerprint density at radius 2 is 1.71 bits per heavy atom. The zero-order chi connectivity index (χ0) is 34.8. The maximum Gasteiger partial charge on any atom is 0.337 e. The molecule has 0 aliphatic rings. The molecule has 6 aromatic rings. The van der Waals surface area contributed by atoms with Crippen LogP contribution in [0.4, 0.5) is 28.0 Å². The predicted molar refractivity (Wildman–Crippen MR) is 178 cm³/mol. The van der Waals surface area contributed by atoms with Gasteiger partial charge in [-0.1, -0.05) is 18.2 Å². The standard InChI is InChI=1S/C33H28F4N8O3S/c1-42(2)17-23-28-30(46)45(21-11-12-27(38-15-21)44-14-4-13-40-44)33(48)43(18-22-24(34)5-3-6-25(22)35)31(28)49-29(23)19-7-9-20(10-8-19)41-32(47)39-16-26(36)37/h3-15,26H,16-18H2,1-2H3,(H2,39,41,47). The zero-order valence-corrected chi connectivity index (χ0v) is 26.8. The molecular formula is C33H28F4N8O3S. The summed E-state index contributed by atoms with van der Waals surface area (Å²) in [6, 6.07) is 13.9. The van der Waals surface area contributed by atoms with Gasteiger partial charge in [0.25, 0.3) is 12.0 Å². The molecule has 252 valence electrons. The largest absolute Gasteiger partial charge is 0.337 e. The third kappa shape index (κ3) is 6.86. The average Bonchev–Trinajstić information content (AvgIpc) is 3.73. The van der Waals surface area contributed by atoms with Crippen molar-refractivity contribution in [2.75, 3.05) is 26.0 Å². The molecule has 16 heteroatoms. The van der Waals surface area contributed by atoms with Gasteiger partial charge in [-0.2, -0.15) is 5.10 Å². The Morgan fingerprint density at radius 1 is 0.980 bits per heavy atom. The molecule has 2 amide bonds. The molecule has 0 saturated carbocycles. The van der Waals surface area contributed by atoms with Crippen molar-refractivity contribution in [2.45, 2.75) is 19.5 Å². The van der Waals surface area contributed by atoms with E-state index >= 15 is 0 Å². The number of nitrogens with zero attached hydrogens (tertiary/aromatic N) is 6. The summed E-state index contributed by atoms with van der Waals surface area (Å²) in [5.41, 5.74) is -0.190. The van der Waals surface area contributed by atoms with Crippen LogP contribution in [0.1, 0.15) is 11.1 Å². The maximum atomic E-state index is 15.0. The minimum Gasteiger partial charge on any atom is -0.332 e. The molecule has 0 atom stereocenters. The van der Waals surface area contributed by atoms with Crippen molar-refractivity contribution in [3.63, 3.8) is 0 Å². The van der Waals surface area contributed by atoms with Gasteiger partial charge in [0.2, 0.25) is 0 Å². The number of amides is 2. The normalized spacial score (nSPS) is 11.5. The van der Waals surface area contributed by atoms with Crippen molar-refractivity contribution >= 4 is 33.3 Å². The van der Waals surface area contributed by atoms with E-state index in [0.717, 1.165) is 28.0 Å². The zero-order valence-electron chi connectivity index (χ0n) is 26.0. The van der Waals surface area contributed by atoms with Crippen LogP contribution in [0.3, 0.4) is 0 Å². The van der Waals surface area contributed by atoms with Crippen LogP contribution in [0.15, 0.2) is 88.8 Å². The number of hydrogen-bond donors (Lipinski definition) is 2. The van der Waals surface area contributed by atoms with Crippen molar-refractivity contribution in [1.82, 2.24) is 34.1 Å². The van der Waals surface area contributed by atoms with Gasteiger partial charge >= 0.3 is 11.7 Å². The van der Waals surface area contributed by atoms with Crippen LogP contribution in [0.2, 0.25) is 0 Å². The summed E-state index contributed by atoms with van der Waals surface area (Å²) in [5.74, 6) is -1.27. The van der Waals surface area contributed by atoms with Gasteiger partial charge in [0.1, 0.15) is 16.5 Å². The van der Waals surface area contributed by atoms with Crippen LogP contribution < -0.4 is 21.9 Å². The number of rotatable bonds is 10. The highest BCUT2D eigenvalue weighted by Gasteiger charge is 2.25. The summed E-state index contributed by atoms with van der Waals surface area (Å²) in [5, 5.41) is 8.86. The number of anilines is 1. The number of alkyl halides is 2. The van der Waals surface area contributed by atoms with E-state index in [9.17, 15) is 31.9 Å². The van der Waals surface area contributed by atoms with Crippen LogP contribution in [-0.4, -0.2) is 61.9 Å². The molecule has 11 nitrogen and oxygen atoms in total. The number of benzene rings is 2. The molecule has 2 aromatic carbocycles. The number of nitrogens with one attached hydrogen (secondary N) is 2. The van der Waals surface area contributed by atoms with E-state index in [4.69, 9.17) is 0 Å². The molecule has 0 aliphatic heterocycles. The quantitative estimate of drug-likeness (QED) is 0.190. The van der Waals surface area contributed by atoms with E-state index < -0.39 is 48.4 Å². The van der Waals surface area contributed by atoms with E-state index in [1.807, 2.05) is 4.90 Å². The Kier molecular flexibility index (Phi) is 9.42. The van der Waals surface area contributed by atoms with E-state index in [1.165, 1.54) is 27.6 Å². The van der Waals surface area contributed by atoms with E-state index in [1.54, 1.807) is 62.9 Å². The lowest BCUT2D eigenvalue weighted by atomic mass is 10.1. The van der Waals surface area contributed by atoms with Crippen molar-refractivity contribution in [2.24, 2.45) is 0 Å². The second-order valence-corrected chi connectivity index (χ2v) is 12.2. The molecule has 0 saturated heterocycles. The lowest BCUT2D eigenvalue weighted by Crippen LogP contribution is -2.39. The van der Waals surface area contributed by atoms with Crippen LogP contribution in [0, 0.1) is 11.6 Å². The number of urea groups is 1. The maximum absolute atomic E-state index is 15.0. The molecule has 6 rings (SSSR count). The first kappa shape index (κ1) is 33.3. The second-order valence-electron chi connectivity index (χ2n) is 11.2. The molecule has 0 aliphatic carbocycles. The van der Waals surface area contributed by atoms with Crippen molar-refractivity contribution in [3.05, 3.63) is 123 Å². The monoisotopic (exact) mass is 692 g/mol. The highest BCUT2D eigenvalue weighted by molar-refractivity contribution is 7.22. The summed E-state index contributed by atoms with van der Waals surface area (Å²) in [6.45, 7) is -1.06. The Morgan fingerprint density at radius 3 is 2.33 bits per heavy atom. The highest BCUT2D eigenvalue weighted by Crippen LogP contribution is 2.38. The number of thiophene rings is 1. The third-order valence-corrected chi connectivity index (χ3v) is 8.78. The molecule has 0 spiro atoms. The van der Waals surface area contributed by atoms with Crippen molar-refractivity contribution in [3.8, 4) is 21.9 Å². The molecule has 2 N–H and O–H groups in total. The Bertz CT molecular complexity index is 2230. The number of aromatic nitrogens is 5. The number of carbonyl (C=O) groups is 1. The number of halogens is 4. The fourth-order valence-electron chi connectivity index (χ4n) is 5.28. The number of hydrogen-bond acceptors (Lipinski definition) is 7. The molecule has 49 heavy (non-hydrogen) atoms. The molecule has 0 fully saturated rings. The first-order chi connectivity index (χ1) is 23.5. The van der Waals surface area contributed by atoms with Crippen LogP contribution >= 0.6 is 11.3 Å². The number of fused-ring (bicyclic) bond motifs is 1. The van der Waals surface area contributed by atoms with Crippen molar-refractivity contribution in [1.29, 1.82) is 0 Å². The number of carbonyl (C=O) groups excluding carboxylic acids is 1. The second kappa shape index (κ2) is 13.9. The number of pyridine rings is 1. The lowest BCUT2D eigenvalue weighted by Gasteiger charge is -2.15. The van der Waals surface area contributed by atoms with Gasteiger partial charge in [-0.15, -0.1) is 11.3 Å². The van der Waals surface area contributed by atoms with E-state index in [0.29, 0.717) is 27.5 Å². The van der Waals surface area contributed by atoms with Gasteiger partial charge < -0.3 is 15.5 Å². The fraction of sp³-hybridized carbons (Fsp3) is 0.182. The molecule has 4 aromatic heterocycles. The average molecular weight is 693 g/mol. The summed E-state index contributed by atoms with van der Waals surface area (Å²) in [7, 11) is 3.61. The topological polar surface area (TPSA) is 119 Å². The Hall–Kier alpha value is -5.61. The third-order valence-electron chi connectivity index (χ3n) is 7.48. The van der Waals surface area contributed by atoms with Gasteiger partial charge in [0.05, 0.1) is 30.4 Å². The van der Waals surface area contributed by atoms with Gasteiger partial charge in [0, 0.05) is 35.1 Å². The first-order valence-electron chi connectivity index (χ1n) is 14.8. The van der Waals surface area contributed by atoms with Crippen LogP contribution in [-0.2, 0) is 13.1 Å². The summed E-state index contributed by atoms with van der Waals surface area (Å²) in [4.78, 5) is 47.6. The molecule has 0 radical (unpaired) electrons. The fourth-order valence-corrected chi connectivity index (χ4v) is 6.58. The molecular weight excluding hydrogens is 664 g/mol. The van der Waals surface area contributed by atoms with Gasteiger partial charge in [-0.05, 0) is 67.7 Å². The van der Waals surface area contributed by atoms with Crippen LogP contribution in [0.5, 0.6) is 0 Å².